The van der Waals surface area contributed by atoms with Gasteiger partial charge in [-0.25, -0.2) is 9.18 Å². The molecule has 0 fully saturated rings. The fourth-order valence-corrected chi connectivity index (χ4v) is 3.95. The lowest BCUT2D eigenvalue weighted by Crippen LogP contribution is -2.36. The summed E-state index contributed by atoms with van der Waals surface area (Å²) < 4.78 is 23.6. The van der Waals surface area contributed by atoms with Crippen LogP contribution < -0.4 is 10.1 Å². The summed E-state index contributed by atoms with van der Waals surface area (Å²) in [5.74, 6) is -0.414. The van der Waals surface area contributed by atoms with Gasteiger partial charge >= 0.3 is 5.97 Å². The monoisotopic (exact) mass is 451 g/mol. The van der Waals surface area contributed by atoms with Crippen molar-refractivity contribution in [1.29, 1.82) is 0 Å². The van der Waals surface area contributed by atoms with Gasteiger partial charge in [-0.2, -0.15) is 0 Å². The van der Waals surface area contributed by atoms with Crippen molar-refractivity contribution in [2.75, 3.05) is 38.7 Å². The molecule has 4 rings (SSSR count). The second kappa shape index (κ2) is 9.87. The van der Waals surface area contributed by atoms with Crippen LogP contribution in [0, 0.1) is 5.82 Å². The first-order chi connectivity index (χ1) is 16.0. The first kappa shape index (κ1) is 22.5. The Bertz CT molecular complexity index is 1200. The summed E-state index contributed by atoms with van der Waals surface area (Å²) in [7, 11) is 1.56. The van der Waals surface area contributed by atoms with Crippen molar-refractivity contribution in [3.05, 3.63) is 65.6 Å². The lowest BCUT2D eigenvalue weighted by Gasteiger charge is -2.26. The summed E-state index contributed by atoms with van der Waals surface area (Å²) in [5.41, 5.74) is 3.41. The van der Waals surface area contributed by atoms with Gasteiger partial charge in [0, 0.05) is 24.0 Å². The van der Waals surface area contributed by atoms with Crippen molar-refractivity contribution < 1.29 is 23.5 Å². The van der Waals surface area contributed by atoms with E-state index in [1.54, 1.807) is 44.4 Å². The number of anilines is 1. The maximum atomic E-state index is 13.2. The van der Waals surface area contributed by atoms with Crippen molar-refractivity contribution in [1.82, 2.24) is 9.88 Å². The van der Waals surface area contributed by atoms with Gasteiger partial charge < -0.3 is 19.8 Å². The lowest BCUT2D eigenvalue weighted by atomic mass is 9.99. The van der Waals surface area contributed by atoms with Crippen molar-refractivity contribution >= 4 is 34.0 Å². The molecule has 0 saturated carbocycles. The van der Waals surface area contributed by atoms with E-state index >= 15 is 0 Å². The topological polar surface area (TPSA) is 83.7 Å². The summed E-state index contributed by atoms with van der Waals surface area (Å²) in [5, 5.41) is 3.56. The molecule has 2 aromatic carbocycles. The molecule has 0 bridgehead atoms. The van der Waals surface area contributed by atoms with Gasteiger partial charge in [0.1, 0.15) is 17.3 Å². The quantitative estimate of drug-likeness (QED) is 0.526. The van der Waals surface area contributed by atoms with E-state index in [1.165, 1.54) is 12.1 Å². The van der Waals surface area contributed by atoms with Crippen LogP contribution in [0.25, 0.3) is 16.5 Å². The number of methoxy groups -OCH3 is 1. The van der Waals surface area contributed by atoms with E-state index in [-0.39, 0.29) is 30.6 Å². The van der Waals surface area contributed by atoms with Crippen LogP contribution in [-0.2, 0) is 9.53 Å². The molecule has 1 aliphatic rings. The zero-order valence-corrected chi connectivity index (χ0v) is 18.6. The summed E-state index contributed by atoms with van der Waals surface area (Å²) in [6.45, 7) is 3.43. The number of nitrogens with one attached hydrogen (secondary N) is 2. The van der Waals surface area contributed by atoms with Crippen molar-refractivity contribution in [3.8, 4) is 5.75 Å². The Morgan fingerprint density at radius 3 is 2.64 bits per heavy atom. The Hall–Kier alpha value is -3.65. The molecule has 1 amide bonds. The molecule has 0 unspecified atom stereocenters. The van der Waals surface area contributed by atoms with Gasteiger partial charge in [-0.05, 0) is 54.8 Å². The number of nitrogens with zero attached hydrogens (tertiary/aromatic N) is 1. The number of aromatic nitrogens is 1. The molecule has 0 aliphatic carbocycles. The van der Waals surface area contributed by atoms with Gasteiger partial charge in [0.2, 0.25) is 5.91 Å². The maximum Gasteiger partial charge on any atom is 0.356 e. The van der Waals surface area contributed by atoms with Crippen molar-refractivity contribution in [3.63, 3.8) is 0 Å². The second-order valence-electron chi connectivity index (χ2n) is 7.78. The van der Waals surface area contributed by atoms with Gasteiger partial charge in [-0.3, -0.25) is 9.69 Å². The number of fused-ring (bicyclic) bond motifs is 1. The average Bonchev–Trinajstić information content (AvgIpc) is 3.17. The number of amides is 1. The standard InChI is InChI=1S/C25H26FN3O4/c1-3-33-25(31)24-23(20-14-19(32-2)8-9-21(20)27-24)28-22(30)15-29-12-10-17(11-13-29)16-4-6-18(26)7-5-16/h4-10,14,27H,3,11-13,15H2,1-2H3,(H,28,30). The van der Waals surface area contributed by atoms with Crippen LogP contribution in [0.1, 0.15) is 29.4 Å². The normalized spacial score (nSPS) is 14.1. The molecule has 7 nitrogen and oxygen atoms in total. The maximum absolute atomic E-state index is 13.2. The minimum Gasteiger partial charge on any atom is -0.497 e. The molecule has 0 spiro atoms. The Kier molecular flexibility index (Phi) is 6.74. The van der Waals surface area contributed by atoms with Gasteiger partial charge in [0.05, 0.1) is 25.9 Å². The molecular weight excluding hydrogens is 425 g/mol. The summed E-state index contributed by atoms with van der Waals surface area (Å²) in [6.07, 6.45) is 2.82. The van der Waals surface area contributed by atoms with E-state index in [4.69, 9.17) is 9.47 Å². The summed E-state index contributed by atoms with van der Waals surface area (Å²) in [6, 6.07) is 11.8. The van der Waals surface area contributed by atoms with Crippen LogP contribution in [0.15, 0.2) is 48.5 Å². The molecule has 1 aromatic heterocycles. The highest BCUT2D eigenvalue weighted by Gasteiger charge is 2.23. The van der Waals surface area contributed by atoms with Gasteiger partial charge in [-0.15, -0.1) is 0 Å². The van der Waals surface area contributed by atoms with Crippen LogP contribution in [0.4, 0.5) is 10.1 Å². The van der Waals surface area contributed by atoms with Gasteiger partial charge in [0.15, 0.2) is 0 Å². The largest absolute Gasteiger partial charge is 0.497 e. The molecule has 172 valence electrons. The van der Waals surface area contributed by atoms with E-state index in [1.807, 2.05) is 4.90 Å². The third-order valence-electron chi connectivity index (χ3n) is 5.63. The number of aromatic amines is 1. The number of rotatable bonds is 7. The number of carbonyl (C=O) groups is 2. The zero-order valence-electron chi connectivity index (χ0n) is 18.6. The molecule has 0 radical (unpaired) electrons. The minimum atomic E-state index is -0.534. The van der Waals surface area contributed by atoms with E-state index in [0.29, 0.717) is 35.4 Å². The number of halogens is 1. The third-order valence-corrected chi connectivity index (χ3v) is 5.63. The van der Waals surface area contributed by atoms with Crippen LogP contribution >= 0.6 is 0 Å². The number of carbonyl (C=O) groups excluding carboxylic acids is 2. The lowest BCUT2D eigenvalue weighted by molar-refractivity contribution is -0.117. The van der Waals surface area contributed by atoms with Crippen LogP contribution in [-0.4, -0.2) is 55.1 Å². The Morgan fingerprint density at radius 2 is 1.97 bits per heavy atom. The predicted octanol–water partition coefficient (Wildman–Crippen LogP) is 4.22. The molecule has 8 heteroatoms. The molecule has 3 aromatic rings. The van der Waals surface area contributed by atoms with E-state index in [0.717, 1.165) is 17.6 Å². The van der Waals surface area contributed by atoms with Crippen LogP contribution in [0.2, 0.25) is 0 Å². The summed E-state index contributed by atoms with van der Waals surface area (Å²) >= 11 is 0. The van der Waals surface area contributed by atoms with Gasteiger partial charge in [0.25, 0.3) is 0 Å². The molecular formula is C25H26FN3O4. The smallest absolute Gasteiger partial charge is 0.356 e. The first-order valence-corrected chi connectivity index (χ1v) is 10.8. The van der Waals surface area contributed by atoms with Gasteiger partial charge in [-0.1, -0.05) is 18.2 Å². The number of esters is 1. The van der Waals surface area contributed by atoms with E-state index < -0.39 is 5.97 Å². The van der Waals surface area contributed by atoms with Crippen molar-refractivity contribution in [2.45, 2.75) is 13.3 Å². The molecule has 0 saturated heterocycles. The highest BCUT2D eigenvalue weighted by atomic mass is 19.1. The fourth-order valence-electron chi connectivity index (χ4n) is 3.95. The van der Waals surface area contributed by atoms with E-state index in [9.17, 15) is 14.0 Å². The number of hydrogen-bond donors (Lipinski definition) is 2. The SMILES string of the molecule is CCOC(=O)c1[nH]c2ccc(OC)cc2c1NC(=O)CN1CC=C(c2ccc(F)cc2)CC1. The third kappa shape index (κ3) is 5.06. The highest BCUT2D eigenvalue weighted by molar-refractivity contribution is 6.11. The van der Waals surface area contributed by atoms with E-state index in [2.05, 4.69) is 16.4 Å². The first-order valence-electron chi connectivity index (χ1n) is 10.8. The summed E-state index contributed by atoms with van der Waals surface area (Å²) in [4.78, 5) is 30.4. The predicted molar refractivity (Wildman–Crippen MR) is 125 cm³/mol. The number of hydrogen-bond acceptors (Lipinski definition) is 5. The Balaban J connectivity index is 1.49. The van der Waals surface area contributed by atoms with Crippen molar-refractivity contribution in [2.24, 2.45) is 0 Å². The number of ether oxygens (including phenoxy) is 2. The highest BCUT2D eigenvalue weighted by Crippen LogP contribution is 2.31. The fraction of sp³-hybridized carbons (Fsp3) is 0.280. The molecule has 33 heavy (non-hydrogen) atoms. The van der Waals surface area contributed by atoms with Crippen LogP contribution in [0.5, 0.6) is 5.75 Å². The molecule has 1 aliphatic heterocycles. The second-order valence-corrected chi connectivity index (χ2v) is 7.78. The zero-order chi connectivity index (χ0) is 23.4. The molecule has 0 atom stereocenters. The molecule has 2 heterocycles. The average molecular weight is 451 g/mol. The van der Waals surface area contributed by atoms with Crippen LogP contribution in [0.3, 0.4) is 0 Å². The Labute approximate surface area is 191 Å². The number of benzene rings is 2. The minimum absolute atomic E-state index is 0.173. The Morgan fingerprint density at radius 1 is 1.18 bits per heavy atom. The number of H-pyrrole nitrogens is 1. The molecule has 2 N–H and O–H groups in total.